The molecule has 0 amide bonds. The highest BCUT2D eigenvalue weighted by molar-refractivity contribution is 5.50. The minimum Gasteiger partial charge on any atom is -0.496 e. The van der Waals surface area contributed by atoms with Crippen LogP contribution in [0.3, 0.4) is 0 Å². The highest BCUT2D eigenvalue weighted by Gasteiger charge is 2.29. The SMILES string of the molecule is COc1cc(OC)c(OC)cc1CN(CC1CCN(C2CCCC2)CC1)CC1CCCO1. The average molecular weight is 447 g/mol. The Labute approximate surface area is 194 Å². The van der Waals surface area contributed by atoms with Gasteiger partial charge < -0.3 is 23.8 Å². The van der Waals surface area contributed by atoms with Crippen LogP contribution in [0.15, 0.2) is 12.1 Å². The summed E-state index contributed by atoms with van der Waals surface area (Å²) in [5.74, 6) is 3.07. The molecule has 4 rings (SSSR count). The third kappa shape index (κ3) is 5.89. The van der Waals surface area contributed by atoms with Crippen LogP contribution in [-0.2, 0) is 11.3 Å². The zero-order chi connectivity index (χ0) is 22.3. The minimum absolute atomic E-state index is 0.347. The number of methoxy groups -OCH3 is 3. The number of likely N-dealkylation sites (tertiary alicyclic amines) is 1. The van der Waals surface area contributed by atoms with Gasteiger partial charge in [0.15, 0.2) is 11.5 Å². The van der Waals surface area contributed by atoms with Crippen molar-refractivity contribution in [2.24, 2.45) is 5.92 Å². The summed E-state index contributed by atoms with van der Waals surface area (Å²) >= 11 is 0. The molecule has 0 radical (unpaired) electrons. The van der Waals surface area contributed by atoms with Crippen molar-refractivity contribution in [1.82, 2.24) is 9.80 Å². The summed E-state index contributed by atoms with van der Waals surface area (Å²) in [6.07, 6.45) is 11.0. The lowest BCUT2D eigenvalue weighted by atomic mass is 9.94. The van der Waals surface area contributed by atoms with Crippen LogP contribution in [0.2, 0.25) is 0 Å². The van der Waals surface area contributed by atoms with E-state index >= 15 is 0 Å². The minimum atomic E-state index is 0.347. The molecule has 3 aliphatic rings. The molecule has 1 aromatic carbocycles. The number of ether oxygens (including phenoxy) is 4. The molecule has 0 bridgehead atoms. The van der Waals surface area contributed by atoms with Gasteiger partial charge in [-0.15, -0.1) is 0 Å². The van der Waals surface area contributed by atoms with E-state index in [9.17, 15) is 0 Å². The fourth-order valence-electron chi connectivity index (χ4n) is 5.87. The number of piperidine rings is 1. The van der Waals surface area contributed by atoms with Gasteiger partial charge in [-0.2, -0.15) is 0 Å². The van der Waals surface area contributed by atoms with E-state index in [1.54, 1.807) is 21.3 Å². The first-order chi connectivity index (χ1) is 15.7. The van der Waals surface area contributed by atoms with E-state index in [0.717, 1.165) is 55.3 Å². The predicted molar refractivity (Wildman–Crippen MR) is 127 cm³/mol. The summed E-state index contributed by atoms with van der Waals surface area (Å²) in [4.78, 5) is 5.36. The number of benzene rings is 1. The molecule has 0 aromatic heterocycles. The van der Waals surface area contributed by atoms with Crippen molar-refractivity contribution in [3.8, 4) is 17.2 Å². The summed E-state index contributed by atoms with van der Waals surface area (Å²) in [5.41, 5.74) is 1.14. The highest BCUT2D eigenvalue weighted by atomic mass is 16.5. The van der Waals surface area contributed by atoms with Crippen molar-refractivity contribution in [2.75, 3.05) is 54.1 Å². The van der Waals surface area contributed by atoms with Gasteiger partial charge in [-0.3, -0.25) is 4.90 Å². The molecule has 180 valence electrons. The molecule has 1 aliphatic carbocycles. The van der Waals surface area contributed by atoms with Crippen molar-refractivity contribution in [1.29, 1.82) is 0 Å². The molecule has 2 saturated heterocycles. The third-order valence-corrected chi connectivity index (χ3v) is 7.67. The van der Waals surface area contributed by atoms with Gasteiger partial charge in [0.25, 0.3) is 0 Å². The molecule has 2 aliphatic heterocycles. The molecule has 0 N–H and O–H groups in total. The Morgan fingerprint density at radius 1 is 0.844 bits per heavy atom. The van der Waals surface area contributed by atoms with Crippen molar-refractivity contribution < 1.29 is 18.9 Å². The fourth-order valence-corrected chi connectivity index (χ4v) is 5.87. The summed E-state index contributed by atoms with van der Waals surface area (Å²) < 4.78 is 22.8. The molecule has 0 spiro atoms. The molecular formula is C26H42N2O4. The lowest BCUT2D eigenvalue weighted by Crippen LogP contribution is -2.43. The van der Waals surface area contributed by atoms with Crippen molar-refractivity contribution in [3.05, 3.63) is 17.7 Å². The molecule has 32 heavy (non-hydrogen) atoms. The quantitative estimate of drug-likeness (QED) is 0.532. The maximum absolute atomic E-state index is 6.01. The second-order valence-corrected chi connectivity index (χ2v) is 9.77. The van der Waals surface area contributed by atoms with Crippen LogP contribution in [0.4, 0.5) is 0 Å². The van der Waals surface area contributed by atoms with Crippen molar-refractivity contribution in [2.45, 2.75) is 70.1 Å². The van der Waals surface area contributed by atoms with Crippen molar-refractivity contribution >= 4 is 0 Å². The van der Waals surface area contributed by atoms with E-state index in [1.165, 1.54) is 64.5 Å². The Bertz CT molecular complexity index is 708. The number of hydrogen-bond donors (Lipinski definition) is 0. The monoisotopic (exact) mass is 446 g/mol. The standard InChI is InChI=1S/C26H42N2O4/c1-29-24-16-26(31-3)25(30-2)15-21(24)18-27(19-23-9-6-14-32-23)17-20-10-12-28(13-11-20)22-7-4-5-8-22/h15-16,20,22-23H,4-14,17-19H2,1-3H3. The predicted octanol–water partition coefficient (Wildman–Crippen LogP) is 4.35. The Morgan fingerprint density at radius 3 is 2.16 bits per heavy atom. The van der Waals surface area contributed by atoms with Gasteiger partial charge in [-0.05, 0) is 63.6 Å². The van der Waals surface area contributed by atoms with Crippen LogP contribution in [0.5, 0.6) is 17.2 Å². The summed E-state index contributed by atoms with van der Waals surface area (Å²) in [6, 6.07) is 4.87. The Balaban J connectivity index is 1.42. The molecule has 1 unspecified atom stereocenters. The highest BCUT2D eigenvalue weighted by Crippen LogP contribution is 2.36. The molecule has 1 atom stereocenters. The lowest BCUT2D eigenvalue weighted by Gasteiger charge is -2.38. The van der Waals surface area contributed by atoms with Crippen LogP contribution >= 0.6 is 0 Å². The van der Waals surface area contributed by atoms with Crippen LogP contribution in [0, 0.1) is 5.92 Å². The first-order valence-electron chi connectivity index (χ1n) is 12.6. The fraction of sp³-hybridized carbons (Fsp3) is 0.769. The molecular weight excluding hydrogens is 404 g/mol. The molecule has 6 nitrogen and oxygen atoms in total. The van der Waals surface area contributed by atoms with E-state index in [2.05, 4.69) is 15.9 Å². The van der Waals surface area contributed by atoms with Crippen LogP contribution in [0.25, 0.3) is 0 Å². The van der Waals surface area contributed by atoms with E-state index in [-0.39, 0.29) is 0 Å². The van der Waals surface area contributed by atoms with Gasteiger partial charge in [0.2, 0.25) is 0 Å². The number of rotatable bonds is 10. The first kappa shape index (κ1) is 23.7. The van der Waals surface area contributed by atoms with E-state index in [0.29, 0.717) is 11.9 Å². The van der Waals surface area contributed by atoms with Crippen LogP contribution in [-0.4, -0.2) is 76.1 Å². The summed E-state index contributed by atoms with van der Waals surface area (Å²) in [6.45, 7) is 6.38. The van der Waals surface area contributed by atoms with E-state index in [1.807, 2.05) is 6.07 Å². The first-order valence-corrected chi connectivity index (χ1v) is 12.6. The summed E-state index contributed by atoms with van der Waals surface area (Å²) in [5, 5.41) is 0. The molecule has 3 fully saturated rings. The maximum Gasteiger partial charge on any atom is 0.164 e. The number of hydrogen-bond acceptors (Lipinski definition) is 6. The van der Waals surface area contributed by atoms with Gasteiger partial charge in [0.1, 0.15) is 5.75 Å². The van der Waals surface area contributed by atoms with Gasteiger partial charge in [0.05, 0.1) is 27.4 Å². The van der Waals surface area contributed by atoms with Crippen LogP contribution < -0.4 is 14.2 Å². The second-order valence-electron chi connectivity index (χ2n) is 9.77. The maximum atomic E-state index is 6.01. The van der Waals surface area contributed by atoms with Crippen molar-refractivity contribution in [3.63, 3.8) is 0 Å². The third-order valence-electron chi connectivity index (χ3n) is 7.67. The normalized spacial score (nSPS) is 23.2. The van der Waals surface area contributed by atoms with Gasteiger partial charge in [-0.1, -0.05) is 12.8 Å². The molecule has 1 saturated carbocycles. The van der Waals surface area contributed by atoms with E-state index < -0.39 is 0 Å². The van der Waals surface area contributed by atoms with Gasteiger partial charge >= 0.3 is 0 Å². The molecule has 6 heteroatoms. The van der Waals surface area contributed by atoms with Gasteiger partial charge in [-0.25, -0.2) is 0 Å². The topological polar surface area (TPSA) is 43.4 Å². The summed E-state index contributed by atoms with van der Waals surface area (Å²) in [7, 11) is 5.09. The Morgan fingerprint density at radius 2 is 1.53 bits per heavy atom. The zero-order valence-corrected chi connectivity index (χ0v) is 20.3. The lowest BCUT2D eigenvalue weighted by molar-refractivity contribution is 0.0537. The number of nitrogens with zero attached hydrogens (tertiary/aromatic N) is 2. The Kier molecular flexibility index (Phi) is 8.55. The zero-order valence-electron chi connectivity index (χ0n) is 20.3. The van der Waals surface area contributed by atoms with Crippen LogP contribution in [0.1, 0.15) is 56.9 Å². The molecule has 2 heterocycles. The Hall–Kier alpha value is -1.50. The molecule has 1 aromatic rings. The smallest absolute Gasteiger partial charge is 0.164 e. The van der Waals surface area contributed by atoms with E-state index in [4.69, 9.17) is 18.9 Å². The second kappa shape index (κ2) is 11.6. The average Bonchev–Trinajstić information content (AvgIpc) is 3.54. The largest absolute Gasteiger partial charge is 0.496 e. The van der Waals surface area contributed by atoms with Gasteiger partial charge in [0, 0.05) is 43.9 Å².